The van der Waals surface area contributed by atoms with Crippen LogP contribution in [0.5, 0.6) is 0 Å². The first-order chi connectivity index (χ1) is 9.85. The molecule has 0 heterocycles. The maximum absolute atomic E-state index is 12.8. The lowest BCUT2D eigenvalue weighted by Gasteiger charge is -2.23. The summed E-state index contributed by atoms with van der Waals surface area (Å²) in [5.41, 5.74) is -8.17. The monoisotopic (exact) mass is 374 g/mol. The standard InChI is InChI=1S/C9H3F13O/c1-23-5(9(20,21)22)3(7(14,15)16)2(6(11,12)13)4(10)8(17,18)19/h1H3/b4-2-,5-3-. The lowest BCUT2D eigenvalue weighted by molar-refractivity contribution is -0.154. The van der Waals surface area contributed by atoms with E-state index < -0.39 is 47.4 Å². The van der Waals surface area contributed by atoms with Gasteiger partial charge in [0.05, 0.1) is 7.11 Å². The first kappa shape index (κ1) is 21.4. The molecule has 0 saturated carbocycles. The van der Waals surface area contributed by atoms with Crippen LogP contribution in [-0.2, 0) is 4.74 Å². The normalized spacial score (nSPS) is 16.8. The number of halogens is 13. The zero-order chi connectivity index (χ0) is 19.0. The molecule has 0 aliphatic heterocycles. The van der Waals surface area contributed by atoms with Gasteiger partial charge >= 0.3 is 24.7 Å². The number of alkyl halides is 12. The van der Waals surface area contributed by atoms with E-state index in [0.29, 0.717) is 0 Å². The number of ether oxygens (including phenoxy) is 1. The van der Waals surface area contributed by atoms with Crippen molar-refractivity contribution in [2.24, 2.45) is 0 Å². The van der Waals surface area contributed by atoms with Gasteiger partial charge in [-0.05, 0) is 0 Å². The molecule has 1 nitrogen and oxygen atoms in total. The van der Waals surface area contributed by atoms with Crippen molar-refractivity contribution in [1.29, 1.82) is 0 Å². The van der Waals surface area contributed by atoms with Gasteiger partial charge in [0.25, 0.3) is 0 Å². The molecule has 0 saturated heterocycles. The van der Waals surface area contributed by atoms with Crippen LogP contribution in [0.2, 0.25) is 0 Å². The molecule has 0 fully saturated rings. The highest BCUT2D eigenvalue weighted by molar-refractivity contribution is 5.44. The van der Waals surface area contributed by atoms with E-state index in [-0.39, 0.29) is 7.11 Å². The lowest BCUT2D eigenvalue weighted by atomic mass is 10.0. The molecule has 0 rings (SSSR count). The Bertz CT molecular complexity index is 495. The molecule has 0 aliphatic carbocycles. The Balaban J connectivity index is 7.13. The van der Waals surface area contributed by atoms with Crippen LogP contribution >= 0.6 is 0 Å². The second-order valence-corrected chi connectivity index (χ2v) is 3.59. The van der Waals surface area contributed by atoms with Gasteiger partial charge in [0, 0.05) is 0 Å². The summed E-state index contributed by atoms with van der Waals surface area (Å²) in [7, 11) is -0.173. The molecule has 0 unspecified atom stereocenters. The van der Waals surface area contributed by atoms with Crippen molar-refractivity contribution in [3.05, 3.63) is 22.7 Å². The molecular formula is C9H3F13O. The predicted molar refractivity (Wildman–Crippen MR) is 46.4 cm³/mol. The fourth-order valence-electron chi connectivity index (χ4n) is 1.26. The van der Waals surface area contributed by atoms with E-state index in [9.17, 15) is 57.1 Å². The molecule has 0 aliphatic rings. The summed E-state index contributed by atoms with van der Waals surface area (Å²) < 4.78 is 164. The van der Waals surface area contributed by atoms with Crippen LogP contribution < -0.4 is 0 Å². The molecule has 0 aromatic heterocycles. The summed E-state index contributed by atoms with van der Waals surface area (Å²) in [4.78, 5) is 0. The van der Waals surface area contributed by atoms with E-state index in [1.165, 1.54) is 0 Å². The summed E-state index contributed by atoms with van der Waals surface area (Å²) in [6.07, 6.45) is -26.3. The summed E-state index contributed by atoms with van der Waals surface area (Å²) in [6, 6.07) is 0. The Labute approximate surface area is 118 Å². The Kier molecular flexibility index (Phi) is 5.68. The number of hydrogen-bond donors (Lipinski definition) is 0. The van der Waals surface area contributed by atoms with Crippen molar-refractivity contribution in [1.82, 2.24) is 0 Å². The average molecular weight is 374 g/mol. The zero-order valence-corrected chi connectivity index (χ0v) is 10.3. The van der Waals surface area contributed by atoms with Crippen LogP contribution in [0.4, 0.5) is 57.1 Å². The highest BCUT2D eigenvalue weighted by Gasteiger charge is 2.58. The highest BCUT2D eigenvalue weighted by Crippen LogP contribution is 2.49. The van der Waals surface area contributed by atoms with Gasteiger partial charge in [-0.3, -0.25) is 0 Å². The van der Waals surface area contributed by atoms with Crippen molar-refractivity contribution in [3.63, 3.8) is 0 Å². The van der Waals surface area contributed by atoms with E-state index in [1.807, 2.05) is 0 Å². The molecule has 0 radical (unpaired) electrons. The van der Waals surface area contributed by atoms with Crippen LogP contribution in [0.25, 0.3) is 0 Å². The minimum absolute atomic E-state index is 0.173. The Hall–Kier alpha value is -1.63. The van der Waals surface area contributed by atoms with E-state index >= 15 is 0 Å². The van der Waals surface area contributed by atoms with Crippen molar-refractivity contribution in [2.45, 2.75) is 24.7 Å². The molecule has 23 heavy (non-hydrogen) atoms. The van der Waals surface area contributed by atoms with Gasteiger partial charge in [-0.15, -0.1) is 0 Å². The van der Waals surface area contributed by atoms with E-state index in [4.69, 9.17) is 0 Å². The molecule has 0 spiro atoms. The minimum Gasteiger partial charge on any atom is -0.492 e. The molecule has 0 bridgehead atoms. The number of rotatable bonds is 2. The van der Waals surface area contributed by atoms with Crippen LogP contribution in [0, 0.1) is 0 Å². The Morgan fingerprint density at radius 1 is 0.565 bits per heavy atom. The third kappa shape index (κ3) is 5.20. The van der Waals surface area contributed by atoms with Gasteiger partial charge in [0.15, 0.2) is 0 Å². The molecule has 136 valence electrons. The SMILES string of the molecule is CO/C(=C(/C(=C(/F)C(F)(F)F)C(F)(F)F)C(F)(F)F)C(F)(F)F. The molecule has 14 heteroatoms. The maximum atomic E-state index is 12.8. The summed E-state index contributed by atoms with van der Waals surface area (Å²) in [6.45, 7) is 0. The first-order valence-electron chi connectivity index (χ1n) is 4.82. The second-order valence-electron chi connectivity index (χ2n) is 3.59. The highest BCUT2D eigenvalue weighted by atomic mass is 19.4. The van der Waals surface area contributed by atoms with E-state index in [1.54, 1.807) is 0 Å². The average Bonchev–Trinajstić information content (AvgIpc) is 2.21. The Morgan fingerprint density at radius 3 is 1.09 bits per heavy atom. The quantitative estimate of drug-likeness (QED) is 0.359. The zero-order valence-electron chi connectivity index (χ0n) is 10.3. The maximum Gasteiger partial charge on any atom is 0.449 e. The van der Waals surface area contributed by atoms with E-state index in [2.05, 4.69) is 4.74 Å². The van der Waals surface area contributed by atoms with Crippen molar-refractivity contribution < 1.29 is 61.8 Å². The molecule has 0 N–H and O–H groups in total. The molecule has 0 atom stereocenters. The molecular weight excluding hydrogens is 371 g/mol. The smallest absolute Gasteiger partial charge is 0.449 e. The summed E-state index contributed by atoms with van der Waals surface area (Å²) in [5.74, 6) is -7.87. The van der Waals surface area contributed by atoms with Gasteiger partial charge in [-0.1, -0.05) is 0 Å². The van der Waals surface area contributed by atoms with Crippen LogP contribution in [0.1, 0.15) is 0 Å². The number of allylic oxidation sites excluding steroid dienone is 4. The molecule has 0 aromatic rings. The third-order valence-electron chi connectivity index (χ3n) is 1.97. The summed E-state index contributed by atoms with van der Waals surface area (Å²) in [5, 5.41) is 0. The number of methoxy groups -OCH3 is 1. The molecule has 0 aromatic carbocycles. The van der Waals surface area contributed by atoms with Gasteiger partial charge < -0.3 is 4.74 Å². The second kappa shape index (κ2) is 6.11. The predicted octanol–water partition coefficient (Wildman–Crippen LogP) is 5.36. The number of hydrogen-bond acceptors (Lipinski definition) is 1. The lowest BCUT2D eigenvalue weighted by Crippen LogP contribution is -2.32. The van der Waals surface area contributed by atoms with Crippen LogP contribution in [0.3, 0.4) is 0 Å². The third-order valence-corrected chi connectivity index (χ3v) is 1.97. The fourth-order valence-corrected chi connectivity index (χ4v) is 1.26. The van der Waals surface area contributed by atoms with Crippen molar-refractivity contribution >= 4 is 0 Å². The van der Waals surface area contributed by atoms with E-state index in [0.717, 1.165) is 0 Å². The van der Waals surface area contributed by atoms with Crippen LogP contribution in [0.15, 0.2) is 22.7 Å². The molecule has 0 amide bonds. The van der Waals surface area contributed by atoms with Gasteiger partial charge in [0.2, 0.25) is 11.6 Å². The minimum atomic E-state index is -6.75. The largest absolute Gasteiger partial charge is 0.492 e. The van der Waals surface area contributed by atoms with Crippen molar-refractivity contribution in [3.8, 4) is 0 Å². The van der Waals surface area contributed by atoms with Crippen molar-refractivity contribution in [2.75, 3.05) is 7.11 Å². The summed E-state index contributed by atoms with van der Waals surface area (Å²) >= 11 is 0. The first-order valence-corrected chi connectivity index (χ1v) is 4.82. The topological polar surface area (TPSA) is 9.23 Å². The fraction of sp³-hybridized carbons (Fsp3) is 0.556. The van der Waals surface area contributed by atoms with Crippen LogP contribution in [-0.4, -0.2) is 31.8 Å². The van der Waals surface area contributed by atoms with Gasteiger partial charge in [-0.25, -0.2) is 4.39 Å². The van der Waals surface area contributed by atoms with Gasteiger partial charge in [-0.2, -0.15) is 52.7 Å². The van der Waals surface area contributed by atoms with Gasteiger partial charge in [0.1, 0.15) is 11.1 Å². The Morgan fingerprint density at radius 2 is 0.913 bits per heavy atom.